The molecule has 1 aliphatic rings. The summed E-state index contributed by atoms with van der Waals surface area (Å²) in [4.78, 5) is 28.3. The van der Waals surface area contributed by atoms with Gasteiger partial charge >= 0.3 is 5.97 Å². The monoisotopic (exact) mass is 361 g/mol. The van der Waals surface area contributed by atoms with Crippen molar-refractivity contribution in [3.05, 3.63) is 40.5 Å². The molecule has 0 atom stereocenters. The number of ketones is 1. The van der Waals surface area contributed by atoms with Gasteiger partial charge in [0.2, 0.25) is 5.78 Å². The van der Waals surface area contributed by atoms with Gasteiger partial charge in [-0.15, -0.1) is 0 Å². The Morgan fingerprint density at radius 3 is 2.73 bits per heavy atom. The molecular weight excluding hydrogens is 346 g/mol. The van der Waals surface area contributed by atoms with E-state index in [1.54, 1.807) is 6.07 Å². The maximum absolute atomic E-state index is 12.1. The number of nitrogens with zero attached hydrogens (tertiary/aromatic N) is 1. The lowest BCUT2D eigenvalue weighted by Gasteiger charge is -2.09. The van der Waals surface area contributed by atoms with Crippen LogP contribution in [0, 0.1) is 5.92 Å². The lowest BCUT2D eigenvalue weighted by molar-refractivity contribution is -0.147. The van der Waals surface area contributed by atoms with Gasteiger partial charge in [0.15, 0.2) is 6.61 Å². The fraction of sp³-hybridized carbons (Fsp3) is 0.353. The Kier molecular flexibility index (Phi) is 4.52. The number of pyridine rings is 1. The SMILES string of the molecule is O=C(COC(=O)C1CCCC1)c1ccc2cc(Br)ccc2n1. The van der Waals surface area contributed by atoms with E-state index in [1.165, 1.54) is 0 Å². The predicted molar refractivity (Wildman–Crippen MR) is 86.7 cm³/mol. The summed E-state index contributed by atoms with van der Waals surface area (Å²) in [5.74, 6) is -0.554. The Labute approximate surface area is 137 Å². The number of halogens is 1. The van der Waals surface area contributed by atoms with E-state index < -0.39 is 0 Å². The van der Waals surface area contributed by atoms with E-state index in [0.29, 0.717) is 5.69 Å². The zero-order valence-electron chi connectivity index (χ0n) is 12.0. The minimum atomic E-state index is -0.267. The van der Waals surface area contributed by atoms with Gasteiger partial charge in [0, 0.05) is 9.86 Å². The first-order valence-electron chi connectivity index (χ1n) is 7.39. The number of aromatic nitrogens is 1. The summed E-state index contributed by atoms with van der Waals surface area (Å²) in [6.07, 6.45) is 3.87. The van der Waals surface area contributed by atoms with Crippen LogP contribution in [0.2, 0.25) is 0 Å². The van der Waals surface area contributed by atoms with E-state index in [9.17, 15) is 9.59 Å². The van der Waals surface area contributed by atoms with Crippen LogP contribution < -0.4 is 0 Å². The molecule has 1 fully saturated rings. The van der Waals surface area contributed by atoms with Crippen molar-refractivity contribution in [2.75, 3.05) is 6.61 Å². The van der Waals surface area contributed by atoms with E-state index in [4.69, 9.17) is 4.74 Å². The molecule has 1 aromatic heterocycles. The summed E-state index contributed by atoms with van der Waals surface area (Å²) < 4.78 is 6.10. The molecule has 0 aliphatic heterocycles. The summed E-state index contributed by atoms with van der Waals surface area (Å²) in [7, 11) is 0. The molecule has 1 heterocycles. The molecule has 0 N–H and O–H groups in total. The lowest BCUT2D eigenvalue weighted by atomic mass is 10.1. The summed E-state index contributed by atoms with van der Waals surface area (Å²) in [5.41, 5.74) is 1.07. The van der Waals surface area contributed by atoms with Crippen molar-refractivity contribution in [1.29, 1.82) is 0 Å². The third kappa shape index (κ3) is 3.35. The zero-order chi connectivity index (χ0) is 15.5. The van der Waals surface area contributed by atoms with Gasteiger partial charge in [0.25, 0.3) is 0 Å². The van der Waals surface area contributed by atoms with Crippen molar-refractivity contribution in [2.24, 2.45) is 5.92 Å². The average molecular weight is 362 g/mol. The molecule has 5 heteroatoms. The molecule has 0 bridgehead atoms. The highest BCUT2D eigenvalue weighted by Crippen LogP contribution is 2.25. The van der Waals surface area contributed by atoms with Gasteiger partial charge in [0.1, 0.15) is 5.69 Å². The Morgan fingerprint density at radius 2 is 1.95 bits per heavy atom. The quantitative estimate of drug-likeness (QED) is 0.611. The molecule has 0 amide bonds. The highest BCUT2D eigenvalue weighted by Gasteiger charge is 2.24. The van der Waals surface area contributed by atoms with Crippen LogP contribution >= 0.6 is 15.9 Å². The highest BCUT2D eigenvalue weighted by molar-refractivity contribution is 9.10. The number of benzene rings is 1. The molecule has 22 heavy (non-hydrogen) atoms. The molecule has 0 saturated heterocycles. The molecule has 0 radical (unpaired) electrons. The second kappa shape index (κ2) is 6.57. The largest absolute Gasteiger partial charge is 0.457 e. The van der Waals surface area contributed by atoms with Crippen molar-refractivity contribution in [3.8, 4) is 0 Å². The molecule has 3 rings (SSSR count). The smallest absolute Gasteiger partial charge is 0.309 e. The lowest BCUT2D eigenvalue weighted by Crippen LogP contribution is -2.20. The number of carbonyl (C=O) groups excluding carboxylic acids is 2. The molecule has 1 aliphatic carbocycles. The molecule has 1 aromatic carbocycles. The average Bonchev–Trinajstić information content (AvgIpc) is 3.06. The minimum Gasteiger partial charge on any atom is -0.457 e. The number of Topliss-reactive ketones (excluding diaryl/α,β-unsaturated/α-hetero) is 1. The standard InChI is InChI=1S/C17H16BrNO3/c18-13-6-8-14-12(9-13)5-7-15(19-14)16(20)10-22-17(21)11-3-1-2-4-11/h5-9,11H,1-4,10H2. The number of hydrogen-bond donors (Lipinski definition) is 0. The van der Waals surface area contributed by atoms with Gasteiger partial charge in [-0.1, -0.05) is 34.8 Å². The molecular formula is C17H16BrNO3. The van der Waals surface area contributed by atoms with Crippen LogP contribution in [0.25, 0.3) is 10.9 Å². The van der Waals surface area contributed by atoms with Crippen LogP contribution in [0.3, 0.4) is 0 Å². The van der Waals surface area contributed by atoms with Crippen LogP contribution in [0.1, 0.15) is 36.2 Å². The first-order valence-corrected chi connectivity index (χ1v) is 8.19. The Morgan fingerprint density at radius 1 is 1.18 bits per heavy atom. The Bertz CT molecular complexity index is 723. The highest BCUT2D eigenvalue weighted by atomic mass is 79.9. The topological polar surface area (TPSA) is 56.3 Å². The van der Waals surface area contributed by atoms with Gasteiger partial charge in [-0.05, 0) is 37.1 Å². The van der Waals surface area contributed by atoms with Crippen molar-refractivity contribution < 1.29 is 14.3 Å². The molecule has 0 spiro atoms. The van der Waals surface area contributed by atoms with E-state index in [1.807, 2.05) is 24.3 Å². The van der Waals surface area contributed by atoms with Crippen LogP contribution in [0.5, 0.6) is 0 Å². The number of fused-ring (bicyclic) bond motifs is 1. The third-order valence-corrected chi connectivity index (χ3v) is 4.46. The van der Waals surface area contributed by atoms with Crippen LogP contribution in [-0.2, 0) is 9.53 Å². The fourth-order valence-electron chi connectivity index (χ4n) is 2.74. The second-order valence-corrected chi connectivity index (χ2v) is 6.46. The van der Waals surface area contributed by atoms with Crippen LogP contribution in [0.15, 0.2) is 34.8 Å². The number of ether oxygens (including phenoxy) is 1. The van der Waals surface area contributed by atoms with E-state index in [2.05, 4.69) is 20.9 Å². The second-order valence-electron chi connectivity index (χ2n) is 5.55. The first-order chi connectivity index (χ1) is 10.6. The summed E-state index contributed by atoms with van der Waals surface area (Å²) >= 11 is 3.40. The first kappa shape index (κ1) is 15.2. The molecule has 2 aromatic rings. The molecule has 1 saturated carbocycles. The Hall–Kier alpha value is -1.75. The molecule has 0 unspecified atom stereocenters. The summed E-state index contributed by atoms with van der Waals surface area (Å²) in [6.45, 7) is -0.232. The number of carbonyl (C=O) groups is 2. The van der Waals surface area contributed by atoms with Gasteiger partial charge in [-0.3, -0.25) is 9.59 Å². The number of rotatable bonds is 4. The number of esters is 1. The van der Waals surface area contributed by atoms with Crippen LogP contribution in [-0.4, -0.2) is 23.3 Å². The van der Waals surface area contributed by atoms with Gasteiger partial charge < -0.3 is 4.74 Å². The van der Waals surface area contributed by atoms with E-state index >= 15 is 0 Å². The normalized spacial score (nSPS) is 15.1. The van der Waals surface area contributed by atoms with Crippen molar-refractivity contribution in [2.45, 2.75) is 25.7 Å². The fourth-order valence-corrected chi connectivity index (χ4v) is 3.12. The van der Waals surface area contributed by atoms with E-state index in [-0.39, 0.29) is 24.3 Å². The van der Waals surface area contributed by atoms with E-state index in [0.717, 1.165) is 41.1 Å². The third-order valence-electron chi connectivity index (χ3n) is 3.97. The van der Waals surface area contributed by atoms with Gasteiger partial charge in [-0.2, -0.15) is 0 Å². The summed E-state index contributed by atoms with van der Waals surface area (Å²) in [6, 6.07) is 9.18. The van der Waals surface area contributed by atoms with Crippen molar-refractivity contribution in [1.82, 2.24) is 4.98 Å². The van der Waals surface area contributed by atoms with Crippen molar-refractivity contribution >= 4 is 38.6 Å². The van der Waals surface area contributed by atoms with Gasteiger partial charge in [0.05, 0.1) is 11.4 Å². The maximum atomic E-state index is 12.1. The maximum Gasteiger partial charge on any atom is 0.309 e. The van der Waals surface area contributed by atoms with Crippen LogP contribution in [0.4, 0.5) is 0 Å². The predicted octanol–water partition coefficient (Wildman–Crippen LogP) is 3.91. The Balaban J connectivity index is 1.66. The zero-order valence-corrected chi connectivity index (χ0v) is 13.6. The molecule has 4 nitrogen and oxygen atoms in total. The number of hydrogen-bond acceptors (Lipinski definition) is 4. The van der Waals surface area contributed by atoms with Crippen molar-refractivity contribution in [3.63, 3.8) is 0 Å². The van der Waals surface area contributed by atoms with Gasteiger partial charge in [-0.25, -0.2) is 4.98 Å². The molecule has 114 valence electrons. The minimum absolute atomic E-state index is 0.0327. The summed E-state index contributed by atoms with van der Waals surface area (Å²) in [5, 5.41) is 0.953.